The van der Waals surface area contributed by atoms with Gasteiger partial charge in [0.1, 0.15) is 6.54 Å². The smallest absolute Gasteiger partial charge is 0.323 e. The van der Waals surface area contributed by atoms with Crippen LogP contribution in [0, 0.1) is 5.92 Å². The van der Waals surface area contributed by atoms with Gasteiger partial charge in [-0.3, -0.25) is 9.59 Å². The summed E-state index contributed by atoms with van der Waals surface area (Å²) >= 11 is 0. The summed E-state index contributed by atoms with van der Waals surface area (Å²) in [5.41, 5.74) is 0. The summed E-state index contributed by atoms with van der Waals surface area (Å²) in [4.78, 5) is 24.2. The number of carboxylic acid groups (broad SMARTS) is 1. The fourth-order valence-electron chi connectivity index (χ4n) is 2.90. The molecule has 0 aromatic heterocycles. The average molecular weight is 269 g/mol. The molecule has 1 rings (SSSR count). The molecule has 4 nitrogen and oxygen atoms in total. The molecule has 19 heavy (non-hydrogen) atoms. The number of carbonyl (C=O) groups excluding carboxylic acids is 1. The highest BCUT2D eigenvalue weighted by Crippen LogP contribution is 2.27. The highest BCUT2D eigenvalue weighted by molar-refractivity contribution is 5.81. The van der Waals surface area contributed by atoms with Gasteiger partial charge in [0.15, 0.2) is 0 Å². The molecule has 0 bridgehead atoms. The molecule has 0 radical (unpaired) electrons. The predicted octanol–water partition coefficient (Wildman–Crippen LogP) is 3.06. The van der Waals surface area contributed by atoms with Crippen LogP contribution in [-0.2, 0) is 9.59 Å². The molecule has 0 aliphatic heterocycles. The molecule has 1 aliphatic carbocycles. The Labute approximate surface area is 116 Å². The average Bonchev–Trinajstić information content (AvgIpc) is 2.39. The van der Waals surface area contributed by atoms with Crippen LogP contribution in [0.5, 0.6) is 0 Å². The van der Waals surface area contributed by atoms with Crippen LogP contribution in [0.4, 0.5) is 0 Å². The van der Waals surface area contributed by atoms with E-state index in [0.29, 0.717) is 13.0 Å². The molecular formula is C15H27NO3. The topological polar surface area (TPSA) is 57.6 Å². The van der Waals surface area contributed by atoms with E-state index in [9.17, 15) is 9.59 Å². The predicted molar refractivity (Wildman–Crippen MR) is 74.9 cm³/mol. The van der Waals surface area contributed by atoms with Crippen LogP contribution < -0.4 is 0 Å². The van der Waals surface area contributed by atoms with E-state index in [0.717, 1.165) is 25.2 Å². The van der Waals surface area contributed by atoms with Gasteiger partial charge in [-0.15, -0.1) is 0 Å². The molecule has 110 valence electrons. The first-order valence-electron chi connectivity index (χ1n) is 7.63. The maximum Gasteiger partial charge on any atom is 0.323 e. The first kappa shape index (κ1) is 16.0. The molecule has 1 aliphatic rings. The lowest BCUT2D eigenvalue weighted by Crippen LogP contribution is -2.36. The molecule has 0 atom stereocenters. The van der Waals surface area contributed by atoms with Crippen molar-refractivity contribution in [3.63, 3.8) is 0 Å². The molecule has 0 aromatic rings. The zero-order valence-electron chi connectivity index (χ0n) is 12.1. The minimum atomic E-state index is -0.922. The molecule has 0 saturated heterocycles. The van der Waals surface area contributed by atoms with Crippen LogP contribution in [0.2, 0.25) is 0 Å². The maximum atomic E-state index is 12.0. The van der Waals surface area contributed by atoms with Crippen LogP contribution in [0.3, 0.4) is 0 Å². The summed E-state index contributed by atoms with van der Waals surface area (Å²) in [6.45, 7) is 2.36. The van der Waals surface area contributed by atoms with Crippen LogP contribution >= 0.6 is 0 Å². The molecule has 0 aromatic carbocycles. The number of aliphatic carboxylic acids is 1. The lowest BCUT2D eigenvalue weighted by atomic mass is 9.86. The third-order valence-electron chi connectivity index (χ3n) is 3.90. The monoisotopic (exact) mass is 269 g/mol. The molecule has 1 fully saturated rings. The quantitative estimate of drug-likeness (QED) is 0.736. The Balaban J connectivity index is 2.24. The van der Waals surface area contributed by atoms with Gasteiger partial charge in [-0.25, -0.2) is 0 Å². The second-order valence-electron chi connectivity index (χ2n) is 5.61. The van der Waals surface area contributed by atoms with E-state index >= 15 is 0 Å². The van der Waals surface area contributed by atoms with Crippen molar-refractivity contribution >= 4 is 11.9 Å². The van der Waals surface area contributed by atoms with Gasteiger partial charge in [0.05, 0.1) is 0 Å². The largest absolute Gasteiger partial charge is 0.480 e. The van der Waals surface area contributed by atoms with Crippen molar-refractivity contribution in [2.24, 2.45) is 5.92 Å². The van der Waals surface area contributed by atoms with Crippen molar-refractivity contribution in [3.8, 4) is 0 Å². The molecule has 0 unspecified atom stereocenters. The highest BCUT2D eigenvalue weighted by Gasteiger charge is 2.17. The van der Waals surface area contributed by atoms with Crippen molar-refractivity contribution < 1.29 is 14.7 Å². The van der Waals surface area contributed by atoms with E-state index in [-0.39, 0.29) is 12.5 Å². The summed E-state index contributed by atoms with van der Waals surface area (Å²) in [7, 11) is 0. The number of hydrogen-bond donors (Lipinski definition) is 1. The van der Waals surface area contributed by atoms with E-state index in [1.165, 1.54) is 37.0 Å². The normalized spacial score (nSPS) is 16.3. The Bertz CT molecular complexity index is 285. The molecule has 1 saturated carbocycles. The summed E-state index contributed by atoms with van der Waals surface area (Å²) in [5, 5.41) is 8.79. The number of rotatable bonds is 8. The number of amides is 1. The Kier molecular flexibility index (Phi) is 7.53. The van der Waals surface area contributed by atoms with E-state index in [1.54, 1.807) is 0 Å². The van der Waals surface area contributed by atoms with E-state index < -0.39 is 5.97 Å². The zero-order chi connectivity index (χ0) is 14.1. The lowest BCUT2D eigenvalue weighted by molar-refractivity contribution is -0.144. The summed E-state index contributed by atoms with van der Waals surface area (Å²) in [6, 6.07) is 0. The lowest BCUT2D eigenvalue weighted by Gasteiger charge is -2.23. The van der Waals surface area contributed by atoms with Gasteiger partial charge in [0.2, 0.25) is 5.91 Å². The standard InChI is InChI=1S/C15H27NO3/c1-2-11-16(12-15(18)19)14(17)10-6-9-13-7-4-3-5-8-13/h13H,2-12H2,1H3,(H,18,19). The molecule has 1 N–H and O–H groups in total. The van der Waals surface area contributed by atoms with Crippen LogP contribution in [0.15, 0.2) is 0 Å². The molecular weight excluding hydrogens is 242 g/mol. The minimum Gasteiger partial charge on any atom is -0.480 e. The van der Waals surface area contributed by atoms with Gasteiger partial charge >= 0.3 is 5.97 Å². The van der Waals surface area contributed by atoms with Crippen molar-refractivity contribution in [2.45, 2.75) is 64.7 Å². The second-order valence-corrected chi connectivity index (χ2v) is 5.61. The summed E-state index contributed by atoms with van der Waals surface area (Å²) in [5.74, 6) is -0.130. The highest BCUT2D eigenvalue weighted by atomic mass is 16.4. The van der Waals surface area contributed by atoms with Crippen molar-refractivity contribution in [1.82, 2.24) is 4.90 Å². The number of carboxylic acids is 1. The van der Waals surface area contributed by atoms with Crippen molar-refractivity contribution in [3.05, 3.63) is 0 Å². The first-order chi connectivity index (χ1) is 9.13. The van der Waals surface area contributed by atoms with Gasteiger partial charge in [0, 0.05) is 13.0 Å². The summed E-state index contributed by atoms with van der Waals surface area (Å²) in [6.07, 6.45) is 9.98. The van der Waals surface area contributed by atoms with Crippen LogP contribution in [-0.4, -0.2) is 35.0 Å². The molecule has 4 heteroatoms. The molecule has 0 heterocycles. The third-order valence-corrected chi connectivity index (χ3v) is 3.90. The van der Waals surface area contributed by atoms with E-state index in [4.69, 9.17) is 5.11 Å². The second kappa shape index (κ2) is 8.94. The van der Waals surface area contributed by atoms with Gasteiger partial charge in [-0.2, -0.15) is 0 Å². The van der Waals surface area contributed by atoms with Gasteiger partial charge in [0.25, 0.3) is 0 Å². The Morgan fingerprint density at radius 2 is 1.89 bits per heavy atom. The number of carbonyl (C=O) groups is 2. The van der Waals surface area contributed by atoms with E-state index in [2.05, 4.69) is 0 Å². The maximum absolute atomic E-state index is 12.0. The van der Waals surface area contributed by atoms with Crippen LogP contribution in [0.1, 0.15) is 64.7 Å². The first-order valence-corrected chi connectivity index (χ1v) is 7.63. The van der Waals surface area contributed by atoms with Crippen LogP contribution in [0.25, 0.3) is 0 Å². The Morgan fingerprint density at radius 1 is 1.21 bits per heavy atom. The SMILES string of the molecule is CCCN(CC(=O)O)C(=O)CCCC1CCCCC1. The Morgan fingerprint density at radius 3 is 2.47 bits per heavy atom. The zero-order valence-corrected chi connectivity index (χ0v) is 12.1. The van der Waals surface area contributed by atoms with Crippen molar-refractivity contribution in [1.29, 1.82) is 0 Å². The van der Waals surface area contributed by atoms with E-state index in [1.807, 2.05) is 6.92 Å². The fourth-order valence-corrected chi connectivity index (χ4v) is 2.90. The minimum absolute atomic E-state index is 0.0000550. The van der Waals surface area contributed by atoms with Gasteiger partial charge in [-0.05, 0) is 25.2 Å². The molecule has 1 amide bonds. The fraction of sp³-hybridized carbons (Fsp3) is 0.867. The van der Waals surface area contributed by atoms with Gasteiger partial charge in [-0.1, -0.05) is 39.0 Å². The van der Waals surface area contributed by atoms with Crippen molar-refractivity contribution in [2.75, 3.05) is 13.1 Å². The number of nitrogens with zero attached hydrogens (tertiary/aromatic N) is 1. The summed E-state index contributed by atoms with van der Waals surface area (Å²) < 4.78 is 0. The third kappa shape index (κ3) is 6.60. The number of hydrogen-bond acceptors (Lipinski definition) is 2. The Hall–Kier alpha value is -1.06. The molecule has 0 spiro atoms. The van der Waals surface area contributed by atoms with Gasteiger partial charge < -0.3 is 10.0 Å².